The van der Waals surface area contributed by atoms with E-state index in [9.17, 15) is 9.59 Å². The minimum atomic E-state index is -0.206. The highest BCUT2D eigenvalue weighted by atomic mass is 16.1. The number of amides is 2. The number of primary amides is 2. The Labute approximate surface area is 372 Å². The van der Waals surface area contributed by atoms with Gasteiger partial charge in [0.2, 0.25) is 11.8 Å². The number of carbonyl (C=O) groups is 2. The summed E-state index contributed by atoms with van der Waals surface area (Å²) in [4.78, 5) is 24.9. The highest BCUT2D eigenvalue weighted by Gasteiger charge is 2.59. The van der Waals surface area contributed by atoms with Gasteiger partial charge in [-0.3, -0.25) is 9.59 Å². The number of hydrogen-bond donors (Lipinski definition) is 2. The maximum absolute atomic E-state index is 12.5. The summed E-state index contributed by atoms with van der Waals surface area (Å²) < 4.78 is 0. The molecule has 4 aromatic rings. The normalized spacial score (nSPS) is 24.9. The Balaban J connectivity index is 0.000000186. The lowest BCUT2D eigenvalue weighted by molar-refractivity contribution is -0.123. The number of rotatable bonds is 18. The van der Waals surface area contributed by atoms with E-state index in [2.05, 4.69) is 148 Å². The molecule has 6 atom stereocenters. The van der Waals surface area contributed by atoms with Gasteiger partial charge in [-0.2, -0.15) is 0 Å². The molecule has 0 aliphatic heterocycles. The molecule has 4 nitrogen and oxygen atoms in total. The van der Waals surface area contributed by atoms with Gasteiger partial charge < -0.3 is 11.5 Å². The van der Waals surface area contributed by atoms with Crippen LogP contribution in [0.2, 0.25) is 0 Å². The van der Waals surface area contributed by atoms with Crippen LogP contribution < -0.4 is 11.5 Å². The Hall–Kier alpha value is -5.22. The lowest BCUT2D eigenvalue weighted by Crippen LogP contribution is -2.32. The highest BCUT2D eigenvalue weighted by molar-refractivity contribution is 5.93. The maximum atomic E-state index is 12.5. The van der Waals surface area contributed by atoms with Crippen LogP contribution in [0.25, 0.3) is 22.3 Å². The molecule has 0 aromatic heterocycles. The number of nitrogens with two attached hydrogens (primary N) is 2. The van der Waals surface area contributed by atoms with Gasteiger partial charge in [0.15, 0.2) is 0 Å². The van der Waals surface area contributed by atoms with Gasteiger partial charge in [-0.1, -0.05) is 198 Å². The van der Waals surface area contributed by atoms with E-state index in [4.69, 9.17) is 11.5 Å². The zero-order valence-corrected chi connectivity index (χ0v) is 37.6. The monoisotopic (exact) mass is 827 g/mol. The fourth-order valence-electron chi connectivity index (χ4n) is 12.5. The first-order valence-corrected chi connectivity index (χ1v) is 23.8. The number of hydrogen-bond acceptors (Lipinski definition) is 2. The summed E-state index contributed by atoms with van der Waals surface area (Å²) in [5.41, 5.74) is 24.6. The second kappa shape index (κ2) is 20.3. The zero-order valence-electron chi connectivity index (χ0n) is 37.6. The summed E-state index contributed by atoms with van der Waals surface area (Å²) in [6, 6.07) is 42.7. The van der Waals surface area contributed by atoms with E-state index in [-0.39, 0.29) is 46.3 Å². The molecule has 0 bridgehead atoms. The molecule has 0 radical (unpaired) electrons. The average molecular weight is 827 g/mol. The number of fused-ring (bicyclic) bond motifs is 2. The van der Waals surface area contributed by atoms with E-state index < -0.39 is 0 Å². The van der Waals surface area contributed by atoms with Gasteiger partial charge in [0.05, 0.1) is 0 Å². The van der Waals surface area contributed by atoms with Crippen LogP contribution in [-0.2, 0) is 9.59 Å². The molecule has 4 aliphatic carbocycles. The van der Waals surface area contributed by atoms with Crippen LogP contribution >= 0.6 is 0 Å². The van der Waals surface area contributed by atoms with Crippen molar-refractivity contribution in [1.82, 2.24) is 0 Å². The van der Waals surface area contributed by atoms with Gasteiger partial charge in [-0.05, 0) is 121 Å². The Morgan fingerprint density at radius 2 is 0.855 bits per heavy atom. The van der Waals surface area contributed by atoms with Gasteiger partial charge in [-0.25, -0.2) is 0 Å². The van der Waals surface area contributed by atoms with Crippen molar-refractivity contribution < 1.29 is 9.59 Å². The second-order valence-electron chi connectivity index (χ2n) is 18.7. The maximum Gasteiger partial charge on any atom is 0.220 e. The molecule has 3 unspecified atom stereocenters. The minimum Gasteiger partial charge on any atom is -0.369 e. The molecule has 0 heterocycles. The number of carbonyl (C=O) groups excluding carboxylic acids is 2. The number of unbranched alkanes of at least 4 members (excludes halogenated alkanes) is 6. The lowest BCUT2D eigenvalue weighted by Gasteiger charge is -2.37. The van der Waals surface area contributed by atoms with Gasteiger partial charge in [-0.15, -0.1) is 0 Å². The summed E-state index contributed by atoms with van der Waals surface area (Å²) in [5, 5.41) is 0. The highest BCUT2D eigenvalue weighted by Crippen LogP contribution is 2.69. The molecule has 324 valence electrons. The van der Waals surface area contributed by atoms with Crippen LogP contribution in [0, 0.1) is 34.5 Å². The van der Waals surface area contributed by atoms with Gasteiger partial charge >= 0.3 is 0 Å². The van der Waals surface area contributed by atoms with Gasteiger partial charge in [0.25, 0.3) is 0 Å². The van der Waals surface area contributed by atoms with Gasteiger partial charge in [0, 0.05) is 22.7 Å². The molecule has 4 aromatic carbocycles. The van der Waals surface area contributed by atoms with E-state index in [1.807, 2.05) is 0 Å². The van der Waals surface area contributed by atoms with Crippen LogP contribution in [-0.4, -0.2) is 11.8 Å². The minimum absolute atomic E-state index is 0.0766. The lowest BCUT2D eigenvalue weighted by atomic mass is 9.65. The van der Waals surface area contributed by atoms with Crippen molar-refractivity contribution in [3.63, 3.8) is 0 Å². The molecular weight excluding hydrogens is 757 g/mol. The van der Waals surface area contributed by atoms with Crippen LogP contribution in [0.3, 0.4) is 0 Å². The molecule has 2 amide bonds. The molecule has 0 spiro atoms. The van der Waals surface area contributed by atoms with Crippen LogP contribution in [0.1, 0.15) is 139 Å². The second-order valence-corrected chi connectivity index (χ2v) is 18.7. The summed E-state index contributed by atoms with van der Waals surface area (Å²) in [6.07, 6.45) is 17.7. The molecule has 2 fully saturated rings. The first kappa shape index (κ1) is 44.8. The van der Waals surface area contributed by atoms with Crippen molar-refractivity contribution in [1.29, 1.82) is 0 Å². The Morgan fingerprint density at radius 1 is 0.516 bits per heavy atom. The summed E-state index contributed by atoms with van der Waals surface area (Å²) >= 11 is 0. The largest absolute Gasteiger partial charge is 0.369 e. The fraction of sp³-hybridized carbons (Fsp3) is 0.414. The molecule has 62 heavy (non-hydrogen) atoms. The van der Waals surface area contributed by atoms with Crippen LogP contribution in [0.4, 0.5) is 0 Å². The summed E-state index contributed by atoms with van der Waals surface area (Å²) in [5.74, 6) is -0.0115. The first-order valence-electron chi connectivity index (χ1n) is 23.8. The van der Waals surface area contributed by atoms with Crippen molar-refractivity contribution >= 4 is 34.1 Å². The molecule has 0 saturated heterocycles. The SMILES string of the molecule is C=C(c1ccccc1)[C@@]12CCC(C(N)=O)C1CC(CCCCCC)=C2c1ccccc1.C=C(c1ccccc1)[C@@]12CC[C@H](C(N)=O)C1CC(CCCCCC)=C2c1ccccc1. The van der Waals surface area contributed by atoms with E-state index in [0.29, 0.717) is 0 Å². The molecule has 4 heteroatoms. The Morgan fingerprint density at radius 3 is 1.18 bits per heavy atom. The molecule has 2 saturated carbocycles. The predicted molar refractivity (Wildman–Crippen MR) is 260 cm³/mol. The third-order valence-electron chi connectivity index (χ3n) is 15.3. The third-order valence-corrected chi connectivity index (χ3v) is 15.3. The van der Waals surface area contributed by atoms with E-state index in [0.717, 1.165) is 62.5 Å². The van der Waals surface area contributed by atoms with E-state index in [1.165, 1.54) is 95.9 Å². The van der Waals surface area contributed by atoms with Crippen molar-refractivity contribution in [3.8, 4) is 0 Å². The molecule has 4 aliphatic rings. The van der Waals surface area contributed by atoms with Crippen molar-refractivity contribution in [2.45, 2.75) is 117 Å². The van der Waals surface area contributed by atoms with Crippen molar-refractivity contribution in [3.05, 3.63) is 168 Å². The predicted octanol–water partition coefficient (Wildman–Crippen LogP) is 14.1. The molecular formula is C58H70N2O2. The molecule has 4 N–H and O–H groups in total. The van der Waals surface area contributed by atoms with Crippen molar-refractivity contribution in [2.24, 2.45) is 46.0 Å². The van der Waals surface area contributed by atoms with E-state index >= 15 is 0 Å². The quantitative estimate of drug-likeness (QED) is 0.0979. The number of benzene rings is 4. The topological polar surface area (TPSA) is 86.2 Å². The zero-order chi connectivity index (χ0) is 43.7. The standard InChI is InChI=1S/2C29H35NO/c2*1-3-4-5-8-17-24-20-26-25(28(30)31)18-19-29(26,21(2)22-13-9-6-10-14-22)27(24)23-15-11-7-12-16-23/h2*6-7,9-16,25-26H,2-5,8,17-20H2,1H3,(H2,30,31)/t25?,26?,29-;25-,26?,29-/m00/s1. The molecule has 8 rings (SSSR count). The third kappa shape index (κ3) is 8.72. The Kier molecular flexibility index (Phi) is 14.7. The fourth-order valence-corrected chi connectivity index (χ4v) is 12.5. The van der Waals surface area contributed by atoms with E-state index in [1.54, 1.807) is 0 Å². The number of allylic oxidation sites excluding steroid dienone is 6. The van der Waals surface area contributed by atoms with Gasteiger partial charge in [0.1, 0.15) is 0 Å². The smallest absolute Gasteiger partial charge is 0.220 e. The average Bonchev–Trinajstić information content (AvgIpc) is 4.04. The van der Waals surface area contributed by atoms with Crippen LogP contribution in [0.15, 0.2) is 146 Å². The summed E-state index contributed by atoms with van der Waals surface area (Å²) in [7, 11) is 0. The first-order chi connectivity index (χ1) is 30.2. The summed E-state index contributed by atoms with van der Waals surface area (Å²) in [6.45, 7) is 13.8. The Bertz CT molecular complexity index is 2080. The van der Waals surface area contributed by atoms with Crippen LogP contribution in [0.5, 0.6) is 0 Å². The van der Waals surface area contributed by atoms with Crippen molar-refractivity contribution in [2.75, 3.05) is 0 Å².